The van der Waals surface area contributed by atoms with Crippen molar-refractivity contribution in [2.24, 2.45) is 0 Å². The van der Waals surface area contributed by atoms with Crippen molar-refractivity contribution in [2.75, 3.05) is 22.9 Å². The fourth-order valence-electron chi connectivity index (χ4n) is 4.36. The molecule has 8 heteroatoms. The summed E-state index contributed by atoms with van der Waals surface area (Å²) >= 11 is 0. The Bertz CT molecular complexity index is 1150. The van der Waals surface area contributed by atoms with Crippen molar-refractivity contribution >= 4 is 28.0 Å². The number of rotatable bonds is 3. The van der Waals surface area contributed by atoms with Crippen molar-refractivity contribution in [1.82, 2.24) is 9.97 Å². The standard InChI is InChI=1S/C22H22F3N5/c1-11-15(9-28-17-3-2-4-27-21(11)17)14-5-12-6-18(30-13-7-22(24,25)8-13)29-10-16(12)20(26)19(14)23/h5-6,9-10,13,27H,2-4,7-8,26H2,1H3,(H,29,30). The monoisotopic (exact) mass is 413 g/mol. The second-order valence-corrected chi connectivity index (χ2v) is 8.20. The number of hydrogen-bond acceptors (Lipinski definition) is 5. The van der Waals surface area contributed by atoms with Gasteiger partial charge in [0, 0.05) is 54.3 Å². The summed E-state index contributed by atoms with van der Waals surface area (Å²) in [4.78, 5) is 8.76. The van der Waals surface area contributed by atoms with E-state index in [1.807, 2.05) is 6.92 Å². The first-order valence-corrected chi connectivity index (χ1v) is 10.1. The third kappa shape index (κ3) is 3.11. The topological polar surface area (TPSA) is 75.9 Å². The lowest BCUT2D eigenvalue weighted by Gasteiger charge is -2.35. The number of nitrogen functional groups attached to an aromatic ring is 1. The number of nitrogens with one attached hydrogen (secondary N) is 2. The summed E-state index contributed by atoms with van der Waals surface area (Å²) in [5.41, 5.74) is 10.0. The van der Waals surface area contributed by atoms with Crippen LogP contribution in [0.25, 0.3) is 21.9 Å². The average Bonchev–Trinajstić information content (AvgIpc) is 2.70. The number of aryl methyl sites for hydroxylation is 1. The highest BCUT2D eigenvalue weighted by atomic mass is 19.3. The number of aromatic nitrogens is 2. The maximum Gasteiger partial charge on any atom is 0.252 e. The van der Waals surface area contributed by atoms with Crippen molar-refractivity contribution in [3.8, 4) is 11.1 Å². The molecule has 3 aromatic rings. The van der Waals surface area contributed by atoms with Crippen LogP contribution >= 0.6 is 0 Å². The zero-order valence-corrected chi connectivity index (χ0v) is 16.5. The van der Waals surface area contributed by atoms with Crippen LogP contribution in [0.15, 0.2) is 24.5 Å². The largest absolute Gasteiger partial charge is 0.396 e. The van der Waals surface area contributed by atoms with Gasteiger partial charge in [-0.2, -0.15) is 0 Å². The normalized spacial score (nSPS) is 17.9. The Morgan fingerprint density at radius 3 is 2.73 bits per heavy atom. The Balaban J connectivity index is 1.56. The molecule has 1 aliphatic heterocycles. The van der Waals surface area contributed by atoms with Crippen LogP contribution in [0, 0.1) is 12.7 Å². The van der Waals surface area contributed by atoms with E-state index >= 15 is 4.39 Å². The Morgan fingerprint density at radius 1 is 1.17 bits per heavy atom. The third-order valence-electron chi connectivity index (χ3n) is 6.04. The fraction of sp³-hybridized carbons (Fsp3) is 0.364. The molecule has 0 bridgehead atoms. The Morgan fingerprint density at radius 2 is 1.97 bits per heavy atom. The molecule has 1 fully saturated rings. The summed E-state index contributed by atoms with van der Waals surface area (Å²) in [5.74, 6) is -2.65. The molecule has 2 aromatic heterocycles. The van der Waals surface area contributed by atoms with Gasteiger partial charge in [0.2, 0.25) is 0 Å². The Labute approximate surface area is 171 Å². The van der Waals surface area contributed by atoms with Crippen LogP contribution in [0.2, 0.25) is 0 Å². The van der Waals surface area contributed by atoms with Gasteiger partial charge in [-0.15, -0.1) is 0 Å². The summed E-state index contributed by atoms with van der Waals surface area (Å²) in [6, 6.07) is 3.13. The predicted octanol–water partition coefficient (Wildman–Crippen LogP) is 4.89. The van der Waals surface area contributed by atoms with E-state index in [-0.39, 0.29) is 24.6 Å². The highest BCUT2D eigenvalue weighted by Gasteiger charge is 2.45. The first-order chi connectivity index (χ1) is 14.3. The van der Waals surface area contributed by atoms with E-state index in [9.17, 15) is 8.78 Å². The van der Waals surface area contributed by atoms with E-state index in [4.69, 9.17) is 5.73 Å². The maximum atomic E-state index is 15.2. The van der Waals surface area contributed by atoms with Gasteiger partial charge >= 0.3 is 0 Å². The van der Waals surface area contributed by atoms with Gasteiger partial charge in [-0.25, -0.2) is 18.2 Å². The molecule has 0 radical (unpaired) electrons. The first-order valence-electron chi connectivity index (χ1n) is 10.1. The van der Waals surface area contributed by atoms with Crippen molar-refractivity contribution < 1.29 is 13.2 Å². The van der Waals surface area contributed by atoms with Crippen molar-refractivity contribution in [3.05, 3.63) is 41.6 Å². The Kier molecular flexibility index (Phi) is 4.27. The molecule has 0 saturated heterocycles. The summed E-state index contributed by atoms with van der Waals surface area (Å²) in [7, 11) is 0. The second-order valence-electron chi connectivity index (χ2n) is 8.20. The molecule has 156 valence electrons. The Hall–Kier alpha value is -3.03. The van der Waals surface area contributed by atoms with Crippen LogP contribution in [0.3, 0.4) is 0 Å². The minimum Gasteiger partial charge on any atom is -0.396 e. The molecule has 0 atom stereocenters. The van der Waals surface area contributed by atoms with Gasteiger partial charge in [-0.1, -0.05) is 0 Å². The zero-order chi connectivity index (χ0) is 21.0. The van der Waals surface area contributed by atoms with Crippen LogP contribution in [0.1, 0.15) is 30.5 Å². The molecule has 0 spiro atoms. The lowest BCUT2D eigenvalue weighted by molar-refractivity contribution is -0.0794. The molecule has 4 N–H and O–H groups in total. The SMILES string of the molecule is Cc1c(-c2cc3cc(NC4CC(F)(F)C4)ncc3c(N)c2F)cnc2c1NCCC2. The van der Waals surface area contributed by atoms with E-state index in [2.05, 4.69) is 20.6 Å². The number of nitrogens with zero attached hydrogens (tertiary/aromatic N) is 2. The van der Waals surface area contributed by atoms with Gasteiger partial charge < -0.3 is 16.4 Å². The van der Waals surface area contributed by atoms with Crippen LogP contribution in [0.5, 0.6) is 0 Å². The highest BCUT2D eigenvalue weighted by molar-refractivity contribution is 5.98. The number of fused-ring (bicyclic) bond motifs is 2. The second kappa shape index (κ2) is 6.75. The minimum absolute atomic E-state index is 0.0156. The molecule has 5 nitrogen and oxygen atoms in total. The molecular formula is C22H22F3N5. The molecule has 5 rings (SSSR count). The maximum absolute atomic E-state index is 15.2. The molecule has 1 aliphatic carbocycles. The van der Waals surface area contributed by atoms with Gasteiger partial charge in [-0.3, -0.25) is 4.98 Å². The molecular weight excluding hydrogens is 391 g/mol. The number of pyridine rings is 2. The van der Waals surface area contributed by atoms with Gasteiger partial charge in [0.15, 0.2) is 5.82 Å². The number of anilines is 3. The smallest absolute Gasteiger partial charge is 0.252 e. The van der Waals surface area contributed by atoms with Crippen molar-refractivity contribution in [2.45, 2.75) is 44.6 Å². The first kappa shape index (κ1) is 19.0. The summed E-state index contributed by atoms with van der Waals surface area (Å²) in [6.45, 7) is 2.81. The molecule has 1 aromatic carbocycles. The number of alkyl halides is 2. The molecule has 0 amide bonds. The fourth-order valence-corrected chi connectivity index (χ4v) is 4.36. The number of halogens is 3. The van der Waals surface area contributed by atoms with Gasteiger partial charge in [0.25, 0.3) is 5.92 Å². The number of hydrogen-bond donors (Lipinski definition) is 3. The van der Waals surface area contributed by atoms with E-state index in [0.29, 0.717) is 27.7 Å². The lowest BCUT2D eigenvalue weighted by Crippen LogP contribution is -2.44. The predicted molar refractivity (Wildman–Crippen MR) is 112 cm³/mol. The summed E-state index contributed by atoms with van der Waals surface area (Å²) < 4.78 is 41.4. The summed E-state index contributed by atoms with van der Waals surface area (Å²) in [5, 5.41) is 7.57. The van der Waals surface area contributed by atoms with Gasteiger partial charge in [-0.05, 0) is 42.8 Å². The minimum atomic E-state index is -2.61. The lowest BCUT2D eigenvalue weighted by atomic mass is 9.88. The van der Waals surface area contributed by atoms with Crippen LogP contribution in [-0.2, 0) is 6.42 Å². The average molecular weight is 413 g/mol. The molecule has 2 aliphatic rings. The number of benzene rings is 1. The molecule has 3 heterocycles. The van der Waals surface area contributed by atoms with E-state index in [0.717, 1.165) is 36.3 Å². The van der Waals surface area contributed by atoms with E-state index < -0.39 is 11.7 Å². The van der Waals surface area contributed by atoms with Crippen LogP contribution in [-0.4, -0.2) is 28.5 Å². The van der Waals surface area contributed by atoms with Gasteiger partial charge in [0.1, 0.15) is 5.82 Å². The number of nitrogens with two attached hydrogens (primary N) is 1. The van der Waals surface area contributed by atoms with Gasteiger partial charge in [0.05, 0.1) is 17.1 Å². The van der Waals surface area contributed by atoms with Crippen molar-refractivity contribution in [1.29, 1.82) is 0 Å². The molecule has 1 saturated carbocycles. The van der Waals surface area contributed by atoms with Crippen LogP contribution in [0.4, 0.5) is 30.4 Å². The quantitative estimate of drug-likeness (QED) is 0.533. The molecule has 0 unspecified atom stereocenters. The van der Waals surface area contributed by atoms with Crippen LogP contribution < -0.4 is 16.4 Å². The molecule has 30 heavy (non-hydrogen) atoms. The van der Waals surface area contributed by atoms with E-state index in [1.54, 1.807) is 18.3 Å². The summed E-state index contributed by atoms with van der Waals surface area (Å²) in [6.07, 6.45) is 4.67. The van der Waals surface area contributed by atoms with E-state index in [1.165, 1.54) is 6.20 Å². The zero-order valence-electron chi connectivity index (χ0n) is 16.5. The van der Waals surface area contributed by atoms with Crippen molar-refractivity contribution in [3.63, 3.8) is 0 Å². The third-order valence-corrected chi connectivity index (χ3v) is 6.04. The highest BCUT2D eigenvalue weighted by Crippen LogP contribution is 2.40.